The van der Waals surface area contributed by atoms with Gasteiger partial charge in [-0.05, 0) is 80.5 Å². The van der Waals surface area contributed by atoms with E-state index in [0.29, 0.717) is 6.54 Å². The maximum atomic E-state index is 13.1. The number of nitrogens with one attached hydrogen (secondary N) is 2. The van der Waals surface area contributed by atoms with Crippen LogP contribution in [0.25, 0.3) is 0 Å². The van der Waals surface area contributed by atoms with Gasteiger partial charge in [0.25, 0.3) is 15.9 Å². The summed E-state index contributed by atoms with van der Waals surface area (Å²) in [6, 6.07) is 14.5. The third-order valence-corrected chi connectivity index (χ3v) is 7.04. The SMILES string of the molecule is O=C(NC[C@H](c1ccco1)N1CCCCC1)c1cccc(S(=O)(=O)Nc2ccc(F)cc2)c1. The molecule has 7 nitrogen and oxygen atoms in total. The average molecular weight is 472 g/mol. The van der Waals surface area contributed by atoms with Crippen molar-refractivity contribution in [3.05, 3.63) is 84.1 Å². The summed E-state index contributed by atoms with van der Waals surface area (Å²) in [5.74, 6) is -0.0477. The van der Waals surface area contributed by atoms with Gasteiger partial charge < -0.3 is 9.73 Å². The van der Waals surface area contributed by atoms with Gasteiger partial charge in [-0.1, -0.05) is 12.5 Å². The third kappa shape index (κ3) is 5.80. The number of anilines is 1. The second-order valence-electron chi connectivity index (χ2n) is 7.98. The Balaban J connectivity index is 1.46. The Morgan fingerprint density at radius 3 is 2.48 bits per heavy atom. The number of furan rings is 1. The number of rotatable bonds is 8. The fourth-order valence-corrected chi connectivity index (χ4v) is 5.05. The predicted octanol–water partition coefficient (Wildman–Crippen LogP) is 4.18. The molecule has 33 heavy (non-hydrogen) atoms. The van der Waals surface area contributed by atoms with E-state index in [9.17, 15) is 17.6 Å². The first kappa shape index (κ1) is 23.0. The first-order valence-electron chi connectivity index (χ1n) is 10.9. The summed E-state index contributed by atoms with van der Waals surface area (Å²) in [7, 11) is -3.94. The van der Waals surface area contributed by atoms with Crippen molar-refractivity contribution in [2.75, 3.05) is 24.4 Å². The molecule has 9 heteroatoms. The normalized spacial score (nSPS) is 15.7. The third-order valence-electron chi connectivity index (χ3n) is 5.66. The highest BCUT2D eigenvalue weighted by molar-refractivity contribution is 7.92. The van der Waals surface area contributed by atoms with E-state index in [-0.39, 0.29) is 28.1 Å². The molecule has 1 aliphatic heterocycles. The van der Waals surface area contributed by atoms with Gasteiger partial charge in [-0.25, -0.2) is 12.8 Å². The van der Waals surface area contributed by atoms with Gasteiger partial charge in [0.05, 0.1) is 17.2 Å². The monoisotopic (exact) mass is 471 g/mol. The van der Waals surface area contributed by atoms with E-state index in [0.717, 1.165) is 31.7 Å². The molecule has 0 radical (unpaired) electrons. The number of likely N-dealkylation sites (tertiary alicyclic amines) is 1. The fraction of sp³-hybridized carbons (Fsp3) is 0.292. The maximum Gasteiger partial charge on any atom is 0.261 e. The van der Waals surface area contributed by atoms with Crippen LogP contribution in [0.3, 0.4) is 0 Å². The molecule has 0 unspecified atom stereocenters. The van der Waals surface area contributed by atoms with Crippen LogP contribution in [0.5, 0.6) is 0 Å². The first-order chi connectivity index (χ1) is 15.9. The second kappa shape index (κ2) is 10.2. The summed E-state index contributed by atoms with van der Waals surface area (Å²) >= 11 is 0. The lowest BCUT2D eigenvalue weighted by Crippen LogP contribution is -2.40. The highest BCUT2D eigenvalue weighted by Crippen LogP contribution is 2.25. The lowest BCUT2D eigenvalue weighted by molar-refractivity contribution is 0.0914. The van der Waals surface area contributed by atoms with Gasteiger partial charge in [0.2, 0.25) is 0 Å². The molecule has 2 aromatic carbocycles. The van der Waals surface area contributed by atoms with E-state index in [4.69, 9.17) is 4.42 Å². The number of amides is 1. The smallest absolute Gasteiger partial charge is 0.261 e. The Morgan fingerprint density at radius 1 is 1.03 bits per heavy atom. The molecular formula is C24H26FN3O4S. The van der Waals surface area contributed by atoms with Gasteiger partial charge in [0.15, 0.2) is 0 Å². The van der Waals surface area contributed by atoms with Crippen LogP contribution in [0.2, 0.25) is 0 Å². The lowest BCUT2D eigenvalue weighted by atomic mass is 10.1. The molecule has 4 rings (SSSR count). The molecule has 1 aromatic heterocycles. The summed E-state index contributed by atoms with van der Waals surface area (Å²) in [4.78, 5) is 15.1. The molecule has 1 aliphatic rings. The van der Waals surface area contributed by atoms with Crippen molar-refractivity contribution in [3.8, 4) is 0 Å². The van der Waals surface area contributed by atoms with Gasteiger partial charge in [-0.2, -0.15) is 0 Å². The number of halogens is 1. The molecule has 0 bridgehead atoms. The molecule has 1 fully saturated rings. The first-order valence-corrected chi connectivity index (χ1v) is 12.3. The molecule has 1 atom stereocenters. The van der Waals surface area contributed by atoms with Crippen LogP contribution in [0, 0.1) is 5.82 Å². The summed E-state index contributed by atoms with van der Waals surface area (Å²) in [5.41, 5.74) is 0.461. The van der Waals surface area contributed by atoms with Crippen LogP contribution in [0.1, 0.15) is 41.4 Å². The Hall–Kier alpha value is -3.17. The molecule has 2 N–H and O–H groups in total. The Morgan fingerprint density at radius 2 is 1.79 bits per heavy atom. The van der Waals surface area contributed by atoms with Crippen LogP contribution in [-0.2, 0) is 10.0 Å². The maximum absolute atomic E-state index is 13.1. The van der Waals surface area contributed by atoms with Gasteiger partial charge in [0.1, 0.15) is 11.6 Å². The number of sulfonamides is 1. The van der Waals surface area contributed by atoms with Crippen LogP contribution >= 0.6 is 0 Å². The molecule has 1 saturated heterocycles. The standard InChI is InChI=1S/C24H26FN3O4S/c25-19-9-11-20(12-10-19)27-33(30,31)21-7-4-6-18(16-21)24(29)26-17-22(23-8-5-15-32-23)28-13-2-1-3-14-28/h4-12,15-16,22,27H,1-3,13-14,17H2,(H,26,29)/t22-/m1/s1. The van der Waals surface area contributed by atoms with Crippen molar-refractivity contribution in [2.45, 2.75) is 30.2 Å². The van der Waals surface area contributed by atoms with Crippen LogP contribution in [0.4, 0.5) is 10.1 Å². The summed E-state index contributed by atoms with van der Waals surface area (Å²) in [5, 5.41) is 2.92. The van der Waals surface area contributed by atoms with Crippen molar-refractivity contribution < 1.29 is 22.0 Å². The van der Waals surface area contributed by atoms with Crippen molar-refractivity contribution >= 4 is 21.6 Å². The van der Waals surface area contributed by atoms with E-state index >= 15 is 0 Å². The minimum Gasteiger partial charge on any atom is -0.468 e. The van der Waals surface area contributed by atoms with Crippen molar-refractivity contribution in [2.24, 2.45) is 0 Å². The molecule has 3 aromatic rings. The number of hydrogen-bond acceptors (Lipinski definition) is 5. The summed E-state index contributed by atoms with van der Waals surface area (Å²) in [6.07, 6.45) is 5.02. The van der Waals surface area contributed by atoms with Crippen LogP contribution in [0.15, 0.2) is 76.2 Å². The Kier molecular flexibility index (Phi) is 7.10. The number of piperidine rings is 1. The number of carbonyl (C=O) groups excluding carboxylic acids is 1. The van der Waals surface area contributed by atoms with E-state index < -0.39 is 15.8 Å². The minimum absolute atomic E-state index is 0.0573. The average Bonchev–Trinajstić information content (AvgIpc) is 3.36. The molecule has 1 amide bonds. The highest BCUT2D eigenvalue weighted by atomic mass is 32.2. The van der Waals surface area contributed by atoms with Gasteiger partial charge in [0, 0.05) is 17.8 Å². The predicted molar refractivity (Wildman–Crippen MR) is 123 cm³/mol. The number of carbonyl (C=O) groups is 1. The van der Waals surface area contributed by atoms with Gasteiger partial charge >= 0.3 is 0 Å². The van der Waals surface area contributed by atoms with Crippen molar-refractivity contribution in [1.29, 1.82) is 0 Å². The quantitative estimate of drug-likeness (QED) is 0.514. The Labute approximate surface area is 192 Å². The zero-order chi connectivity index (χ0) is 23.3. The fourth-order valence-electron chi connectivity index (χ4n) is 3.95. The van der Waals surface area contributed by atoms with Crippen LogP contribution < -0.4 is 10.0 Å². The largest absolute Gasteiger partial charge is 0.468 e. The van der Waals surface area contributed by atoms with Crippen molar-refractivity contribution in [3.63, 3.8) is 0 Å². The number of hydrogen-bond donors (Lipinski definition) is 2. The summed E-state index contributed by atoms with van der Waals surface area (Å²) < 4.78 is 46.6. The molecule has 0 spiro atoms. The van der Waals surface area contributed by atoms with E-state index in [1.807, 2.05) is 12.1 Å². The van der Waals surface area contributed by atoms with Gasteiger partial charge in [-0.3, -0.25) is 14.4 Å². The zero-order valence-corrected chi connectivity index (χ0v) is 18.9. The highest BCUT2D eigenvalue weighted by Gasteiger charge is 2.25. The Bertz CT molecular complexity index is 1170. The zero-order valence-electron chi connectivity index (χ0n) is 18.0. The number of nitrogens with zero attached hydrogens (tertiary/aromatic N) is 1. The molecule has 0 saturated carbocycles. The molecular weight excluding hydrogens is 445 g/mol. The van der Waals surface area contributed by atoms with Gasteiger partial charge in [-0.15, -0.1) is 0 Å². The molecule has 2 heterocycles. The van der Waals surface area contributed by atoms with E-state index in [1.165, 1.54) is 48.9 Å². The minimum atomic E-state index is -3.94. The van der Waals surface area contributed by atoms with E-state index in [1.54, 1.807) is 12.3 Å². The van der Waals surface area contributed by atoms with E-state index in [2.05, 4.69) is 14.9 Å². The molecule has 0 aliphatic carbocycles. The second-order valence-corrected chi connectivity index (χ2v) is 9.66. The van der Waals surface area contributed by atoms with Crippen LogP contribution in [-0.4, -0.2) is 38.9 Å². The summed E-state index contributed by atoms with van der Waals surface area (Å²) in [6.45, 7) is 2.21. The molecule has 174 valence electrons. The topological polar surface area (TPSA) is 91.7 Å². The number of benzene rings is 2. The lowest BCUT2D eigenvalue weighted by Gasteiger charge is -2.33. The van der Waals surface area contributed by atoms with Crippen molar-refractivity contribution in [1.82, 2.24) is 10.2 Å².